The van der Waals surface area contributed by atoms with Gasteiger partial charge in [-0.05, 0) is 31.7 Å². The van der Waals surface area contributed by atoms with Crippen molar-refractivity contribution < 1.29 is 0 Å². The summed E-state index contributed by atoms with van der Waals surface area (Å²) in [4.78, 5) is 0. The second-order valence-corrected chi connectivity index (χ2v) is 9.22. The lowest BCUT2D eigenvalue weighted by atomic mass is 9.84. The molecule has 0 bridgehead atoms. The highest BCUT2D eigenvalue weighted by atomic mass is 28.3. The quantitative estimate of drug-likeness (QED) is 0.547. The molecule has 0 spiro atoms. The van der Waals surface area contributed by atoms with Crippen LogP contribution in [-0.2, 0) is 0 Å². The molecule has 0 heterocycles. The summed E-state index contributed by atoms with van der Waals surface area (Å²) >= 11 is 0. The van der Waals surface area contributed by atoms with Crippen molar-refractivity contribution in [1.82, 2.24) is 0 Å². The summed E-state index contributed by atoms with van der Waals surface area (Å²) in [6.07, 6.45) is 9.65. The van der Waals surface area contributed by atoms with Crippen molar-refractivity contribution >= 4 is 19.2 Å². The van der Waals surface area contributed by atoms with Crippen molar-refractivity contribution in [3.05, 3.63) is 72.3 Å². The van der Waals surface area contributed by atoms with Gasteiger partial charge in [0.15, 0.2) is 0 Å². The Balaban J connectivity index is 1.79. The maximum Gasteiger partial charge on any atom is 0.125 e. The SMILES string of the molecule is C/C(=C\C[Si](c1ccccc1)c1ccccc1)C1CCCCC1. The minimum absolute atomic E-state index is 0.709. The zero-order valence-electron chi connectivity index (χ0n) is 14.2. The van der Waals surface area contributed by atoms with E-state index >= 15 is 0 Å². The molecule has 0 atom stereocenters. The van der Waals surface area contributed by atoms with Gasteiger partial charge < -0.3 is 0 Å². The Hall–Kier alpha value is -1.60. The largest absolute Gasteiger partial charge is 0.125 e. The van der Waals surface area contributed by atoms with E-state index in [4.69, 9.17) is 0 Å². The number of hydrogen-bond donors (Lipinski definition) is 0. The van der Waals surface area contributed by atoms with Gasteiger partial charge >= 0.3 is 0 Å². The number of benzene rings is 2. The van der Waals surface area contributed by atoms with Gasteiger partial charge in [-0.15, -0.1) is 0 Å². The third-order valence-electron chi connectivity index (χ3n) is 5.12. The van der Waals surface area contributed by atoms with Crippen LogP contribution in [-0.4, -0.2) is 8.80 Å². The zero-order chi connectivity index (χ0) is 15.9. The van der Waals surface area contributed by atoms with Crippen LogP contribution in [0, 0.1) is 5.92 Å². The van der Waals surface area contributed by atoms with E-state index in [1.807, 2.05) is 0 Å². The van der Waals surface area contributed by atoms with E-state index in [-0.39, 0.29) is 0 Å². The van der Waals surface area contributed by atoms with Gasteiger partial charge in [-0.2, -0.15) is 0 Å². The summed E-state index contributed by atoms with van der Waals surface area (Å²) in [7, 11) is -0.709. The highest BCUT2D eigenvalue weighted by Crippen LogP contribution is 2.29. The predicted octanol–water partition coefficient (Wildman–Crippen LogP) is 4.82. The van der Waals surface area contributed by atoms with Crippen LogP contribution in [0.1, 0.15) is 39.0 Å². The maximum atomic E-state index is 2.56. The Labute approximate surface area is 142 Å². The predicted molar refractivity (Wildman–Crippen MR) is 103 cm³/mol. The Kier molecular flexibility index (Phi) is 5.87. The molecule has 1 fully saturated rings. The van der Waals surface area contributed by atoms with Gasteiger partial charge in [0.1, 0.15) is 8.80 Å². The lowest BCUT2D eigenvalue weighted by Gasteiger charge is -2.23. The molecule has 2 aromatic rings. The summed E-state index contributed by atoms with van der Waals surface area (Å²) in [5.74, 6) is 0.846. The van der Waals surface area contributed by atoms with Gasteiger partial charge in [0, 0.05) is 0 Å². The highest BCUT2D eigenvalue weighted by Gasteiger charge is 2.18. The molecule has 1 heteroatoms. The van der Waals surface area contributed by atoms with E-state index in [2.05, 4.69) is 73.7 Å². The molecular weight excluding hydrogens is 292 g/mol. The maximum absolute atomic E-state index is 2.56. The number of hydrogen-bond acceptors (Lipinski definition) is 0. The lowest BCUT2D eigenvalue weighted by Crippen LogP contribution is -2.41. The molecule has 119 valence electrons. The van der Waals surface area contributed by atoms with Gasteiger partial charge in [0.05, 0.1) is 0 Å². The van der Waals surface area contributed by atoms with Crippen molar-refractivity contribution in [3.63, 3.8) is 0 Å². The third kappa shape index (κ3) is 4.45. The molecule has 0 aromatic heterocycles. The van der Waals surface area contributed by atoms with Crippen molar-refractivity contribution in [2.75, 3.05) is 0 Å². The highest BCUT2D eigenvalue weighted by molar-refractivity contribution is 6.85. The average molecular weight is 320 g/mol. The minimum atomic E-state index is -0.709. The Bertz CT molecular complexity index is 569. The Morgan fingerprint density at radius 2 is 1.39 bits per heavy atom. The fourth-order valence-corrected chi connectivity index (χ4v) is 6.19. The Morgan fingerprint density at radius 3 is 1.91 bits per heavy atom. The molecule has 3 rings (SSSR count). The van der Waals surface area contributed by atoms with Crippen LogP contribution < -0.4 is 10.4 Å². The second-order valence-electron chi connectivity index (χ2n) is 6.70. The molecule has 1 aliphatic carbocycles. The van der Waals surface area contributed by atoms with Crippen LogP contribution in [0.3, 0.4) is 0 Å². The summed E-state index contributed by atoms with van der Waals surface area (Å²) in [5.41, 5.74) is 1.64. The first-order chi connectivity index (χ1) is 11.3. The Morgan fingerprint density at radius 1 is 0.870 bits per heavy atom. The standard InChI is InChI=1S/C22H27Si/c1-19(20-11-5-2-6-12-20)17-18-23(21-13-7-3-8-14-21)22-15-9-4-10-16-22/h3-4,7-10,13-17,20H,2,5-6,11-12,18H2,1H3/b19-17+. The first-order valence-electron chi connectivity index (χ1n) is 8.98. The van der Waals surface area contributed by atoms with Crippen LogP contribution in [0.25, 0.3) is 0 Å². The number of allylic oxidation sites excluding steroid dienone is 2. The molecule has 1 radical (unpaired) electrons. The van der Waals surface area contributed by atoms with Crippen molar-refractivity contribution in [2.24, 2.45) is 5.92 Å². The third-order valence-corrected chi connectivity index (χ3v) is 7.79. The van der Waals surface area contributed by atoms with Crippen LogP contribution in [0.5, 0.6) is 0 Å². The summed E-state index contributed by atoms with van der Waals surface area (Å²) < 4.78 is 0. The fraction of sp³-hybridized carbons (Fsp3) is 0.364. The van der Waals surface area contributed by atoms with Gasteiger partial charge in [-0.1, -0.05) is 102 Å². The molecular formula is C22H27Si. The van der Waals surface area contributed by atoms with E-state index < -0.39 is 8.80 Å². The van der Waals surface area contributed by atoms with Gasteiger partial charge in [-0.25, -0.2) is 0 Å². The van der Waals surface area contributed by atoms with Crippen molar-refractivity contribution in [2.45, 2.75) is 45.1 Å². The van der Waals surface area contributed by atoms with E-state index in [1.54, 1.807) is 5.57 Å². The van der Waals surface area contributed by atoms with Crippen molar-refractivity contribution in [3.8, 4) is 0 Å². The zero-order valence-corrected chi connectivity index (χ0v) is 15.2. The summed E-state index contributed by atoms with van der Waals surface area (Å²) in [5, 5.41) is 3.05. The monoisotopic (exact) mass is 319 g/mol. The van der Waals surface area contributed by atoms with Gasteiger partial charge in [0.25, 0.3) is 0 Å². The van der Waals surface area contributed by atoms with Gasteiger partial charge in [0.2, 0.25) is 0 Å². The van der Waals surface area contributed by atoms with Crippen LogP contribution in [0.4, 0.5) is 0 Å². The van der Waals surface area contributed by atoms with Crippen LogP contribution in [0.15, 0.2) is 72.3 Å². The van der Waals surface area contributed by atoms with E-state index in [9.17, 15) is 0 Å². The molecule has 2 aromatic carbocycles. The second kappa shape index (κ2) is 8.31. The van der Waals surface area contributed by atoms with E-state index in [0.717, 1.165) is 5.92 Å². The average Bonchev–Trinajstić information content (AvgIpc) is 2.64. The first kappa shape index (κ1) is 16.3. The molecule has 0 N–H and O–H groups in total. The lowest BCUT2D eigenvalue weighted by molar-refractivity contribution is 0.402. The van der Waals surface area contributed by atoms with Gasteiger partial charge in [-0.3, -0.25) is 0 Å². The fourth-order valence-electron chi connectivity index (χ4n) is 3.67. The molecule has 23 heavy (non-hydrogen) atoms. The van der Waals surface area contributed by atoms with E-state index in [0.29, 0.717) is 0 Å². The van der Waals surface area contributed by atoms with Crippen LogP contribution >= 0.6 is 0 Å². The molecule has 0 aliphatic heterocycles. The summed E-state index contributed by atoms with van der Waals surface area (Å²) in [6, 6.07) is 23.4. The molecule has 0 nitrogen and oxygen atoms in total. The summed E-state index contributed by atoms with van der Waals surface area (Å²) in [6.45, 7) is 2.37. The minimum Gasteiger partial charge on any atom is -0.0875 e. The van der Waals surface area contributed by atoms with E-state index in [1.165, 1.54) is 48.5 Å². The molecule has 0 amide bonds. The topological polar surface area (TPSA) is 0 Å². The smallest absolute Gasteiger partial charge is 0.0875 e. The molecule has 1 saturated carbocycles. The van der Waals surface area contributed by atoms with Crippen LogP contribution in [0.2, 0.25) is 6.04 Å². The molecule has 0 saturated heterocycles. The first-order valence-corrected chi connectivity index (χ1v) is 10.7. The van der Waals surface area contributed by atoms with Crippen molar-refractivity contribution in [1.29, 1.82) is 0 Å². The molecule has 1 aliphatic rings. The normalized spacial score (nSPS) is 16.7. The molecule has 0 unspecified atom stereocenters. The number of rotatable bonds is 5.